The molecule has 2 rings (SSSR count). The number of hydrogen-bond donors (Lipinski definition) is 2. The van der Waals surface area contributed by atoms with Crippen molar-refractivity contribution in [2.45, 2.75) is 44.1 Å². The number of amides is 1. The van der Waals surface area contributed by atoms with Crippen molar-refractivity contribution in [2.24, 2.45) is 0 Å². The molecule has 0 radical (unpaired) electrons. The monoisotopic (exact) mass is 398 g/mol. The van der Waals surface area contributed by atoms with Gasteiger partial charge in [-0.3, -0.25) is 4.79 Å². The van der Waals surface area contributed by atoms with E-state index in [2.05, 4.69) is 10.6 Å². The Morgan fingerprint density at radius 2 is 1.70 bits per heavy atom. The standard InChI is InChI=1S/C17H20F6N2O2/c18-16(19,20)11-8-12(17(21,22)23)10-13(9-11)27-7-3-6-25-15(26)14-4-1-2-5-24-14/h8-10,14,24H,1-7H2,(H,25,26). The largest absolute Gasteiger partial charge is 0.493 e. The highest BCUT2D eigenvalue weighted by Gasteiger charge is 2.37. The van der Waals surface area contributed by atoms with Crippen LogP contribution in [0.5, 0.6) is 5.75 Å². The van der Waals surface area contributed by atoms with Gasteiger partial charge < -0.3 is 15.4 Å². The molecule has 4 nitrogen and oxygen atoms in total. The minimum Gasteiger partial charge on any atom is -0.493 e. The Morgan fingerprint density at radius 1 is 1.07 bits per heavy atom. The lowest BCUT2D eigenvalue weighted by atomic mass is 10.0. The lowest BCUT2D eigenvalue weighted by Crippen LogP contribution is -2.46. The summed E-state index contributed by atoms with van der Waals surface area (Å²) in [6.45, 7) is 0.845. The predicted octanol–water partition coefficient (Wildman–Crippen LogP) is 3.75. The summed E-state index contributed by atoms with van der Waals surface area (Å²) in [5.41, 5.74) is -2.85. The molecule has 10 heteroatoms. The van der Waals surface area contributed by atoms with Crippen LogP contribution in [0.25, 0.3) is 0 Å². The van der Waals surface area contributed by atoms with E-state index in [1.54, 1.807) is 0 Å². The van der Waals surface area contributed by atoms with Crippen LogP contribution in [0.3, 0.4) is 0 Å². The number of benzene rings is 1. The Kier molecular flexibility index (Phi) is 6.96. The fraction of sp³-hybridized carbons (Fsp3) is 0.588. The molecule has 1 aromatic rings. The van der Waals surface area contributed by atoms with Gasteiger partial charge in [0.1, 0.15) is 5.75 Å². The molecule has 1 aliphatic rings. The Morgan fingerprint density at radius 3 is 2.22 bits per heavy atom. The summed E-state index contributed by atoms with van der Waals surface area (Å²) in [5, 5.41) is 5.74. The summed E-state index contributed by atoms with van der Waals surface area (Å²) >= 11 is 0. The van der Waals surface area contributed by atoms with Gasteiger partial charge in [-0.2, -0.15) is 26.3 Å². The van der Waals surface area contributed by atoms with Crippen molar-refractivity contribution in [2.75, 3.05) is 19.7 Å². The zero-order valence-electron chi connectivity index (χ0n) is 14.3. The van der Waals surface area contributed by atoms with E-state index in [9.17, 15) is 31.1 Å². The molecule has 1 aliphatic heterocycles. The lowest BCUT2D eigenvalue weighted by Gasteiger charge is -2.22. The van der Waals surface area contributed by atoms with Crippen molar-refractivity contribution in [3.63, 3.8) is 0 Å². The molecule has 0 spiro atoms. The first kappa shape index (κ1) is 21.3. The number of alkyl halides is 6. The van der Waals surface area contributed by atoms with Crippen LogP contribution in [0, 0.1) is 0 Å². The fourth-order valence-corrected chi connectivity index (χ4v) is 2.68. The molecule has 0 aliphatic carbocycles. The molecule has 152 valence electrons. The average molecular weight is 398 g/mol. The van der Waals surface area contributed by atoms with Crippen LogP contribution in [-0.2, 0) is 17.1 Å². The number of rotatable bonds is 6. The first-order valence-corrected chi connectivity index (χ1v) is 8.51. The molecule has 1 saturated heterocycles. The molecule has 1 fully saturated rings. The van der Waals surface area contributed by atoms with Crippen LogP contribution < -0.4 is 15.4 Å². The molecule has 1 aromatic carbocycles. The summed E-state index contributed by atoms with van der Waals surface area (Å²) in [7, 11) is 0. The second kappa shape index (κ2) is 8.81. The van der Waals surface area contributed by atoms with Crippen LogP contribution in [-0.4, -0.2) is 31.6 Å². The number of carbonyl (C=O) groups is 1. The van der Waals surface area contributed by atoms with Crippen LogP contribution >= 0.6 is 0 Å². The van der Waals surface area contributed by atoms with E-state index in [4.69, 9.17) is 4.74 Å². The second-order valence-corrected chi connectivity index (χ2v) is 6.24. The minimum absolute atomic E-state index is 0.0459. The van der Waals surface area contributed by atoms with Crippen molar-refractivity contribution < 1.29 is 35.9 Å². The SMILES string of the molecule is O=C(NCCCOc1cc(C(F)(F)F)cc(C(F)(F)F)c1)C1CCCCN1. The summed E-state index contributed by atoms with van der Waals surface area (Å²) < 4.78 is 81.6. The Bertz CT molecular complexity index is 607. The fourth-order valence-electron chi connectivity index (χ4n) is 2.68. The van der Waals surface area contributed by atoms with Crippen LogP contribution in [0.15, 0.2) is 18.2 Å². The van der Waals surface area contributed by atoms with E-state index < -0.39 is 29.2 Å². The normalized spacial score (nSPS) is 18.2. The predicted molar refractivity (Wildman–Crippen MR) is 85.2 cm³/mol. The molecule has 0 aromatic heterocycles. The van der Waals surface area contributed by atoms with Gasteiger partial charge in [-0.15, -0.1) is 0 Å². The summed E-state index contributed by atoms with van der Waals surface area (Å²) in [4.78, 5) is 11.9. The van der Waals surface area contributed by atoms with Gasteiger partial charge in [0.25, 0.3) is 0 Å². The first-order chi connectivity index (χ1) is 12.6. The molecule has 0 bridgehead atoms. The van der Waals surface area contributed by atoms with Gasteiger partial charge in [0, 0.05) is 6.54 Å². The van der Waals surface area contributed by atoms with Gasteiger partial charge in [0.15, 0.2) is 0 Å². The molecule has 1 heterocycles. The molecule has 1 unspecified atom stereocenters. The number of nitrogens with one attached hydrogen (secondary N) is 2. The molecular weight excluding hydrogens is 378 g/mol. The highest BCUT2D eigenvalue weighted by atomic mass is 19.4. The van der Waals surface area contributed by atoms with Gasteiger partial charge in [-0.25, -0.2) is 0 Å². The molecule has 1 atom stereocenters. The Hall–Kier alpha value is -1.97. The number of halogens is 6. The highest BCUT2D eigenvalue weighted by molar-refractivity contribution is 5.81. The third-order valence-electron chi connectivity index (χ3n) is 4.08. The van der Waals surface area contributed by atoms with E-state index in [1.807, 2.05) is 0 Å². The second-order valence-electron chi connectivity index (χ2n) is 6.24. The quantitative estimate of drug-likeness (QED) is 0.567. The van der Waals surface area contributed by atoms with Crippen LogP contribution in [0.1, 0.15) is 36.8 Å². The van der Waals surface area contributed by atoms with Crippen LogP contribution in [0.2, 0.25) is 0 Å². The van der Waals surface area contributed by atoms with Gasteiger partial charge in [-0.1, -0.05) is 6.42 Å². The number of hydrogen-bond acceptors (Lipinski definition) is 3. The maximum Gasteiger partial charge on any atom is 0.416 e. The van der Waals surface area contributed by atoms with Gasteiger partial charge in [0.2, 0.25) is 5.91 Å². The molecule has 2 N–H and O–H groups in total. The van der Waals surface area contributed by atoms with Crippen molar-refractivity contribution in [3.8, 4) is 5.75 Å². The number of piperidine rings is 1. The van der Waals surface area contributed by atoms with Crippen molar-refractivity contribution in [3.05, 3.63) is 29.3 Å². The average Bonchev–Trinajstić information content (AvgIpc) is 2.60. The molecule has 0 saturated carbocycles. The zero-order valence-corrected chi connectivity index (χ0v) is 14.3. The Labute approximate surface area is 152 Å². The summed E-state index contributed by atoms with van der Waals surface area (Å²) in [6.07, 6.45) is -6.90. The smallest absolute Gasteiger partial charge is 0.416 e. The summed E-state index contributed by atoms with van der Waals surface area (Å²) in [6, 6.07) is 0.835. The van der Waals surface area contributed by atoms with E-state index in [0.717, 1.165) is 25.8 Å². The maximum atomic E-state index is 12.8. The lowest BCUT2D eigenvalue weighted by molar-refractivity contribution is -0.143. The summed E-state index contributed by atoms with van der Waals surface area (Å²) in [5.74, 6) is -0.689. The number of ether oxygens (including phenoxy) is 1. The van der Waals surface area contributed by atoms with Gasteiger partial charge >= 0.3 is 12.4 Å². The van der Waals surface area contributed by atoms with E-state index in [0.29, 0.717) is 12.1 Å². The molecule has 27 heavy (non-hydrogen) atoms. The van der Waals surface area contributed by atoms with Crippen molar-refractivity contribution in [1.82, 2.24) is 10.6 Å². The van der Waals surface area contributed by atoms with E-state index in [-0.39, 0.29) is 37.6 Å². The molecule has 1 amide bonds. The van der Waals surface area contributed by atoms with E-state index >= 15 is 0 Å². The number of carbonyl (C=O) groups excluding carboxylic acids is 1. The van der Waals surface area contributed by atoms with Gasteiger partial charge in [0.05, 0.1) is 23.8 Å². The zero-order chi connectivity index (χ0) is 20.1. The molecular formula is C17H20F6N2O2. The van der Waals surface area contributed by atoms with Crippen molar-refractivity contribution >= 4 is 5.91 Å². The van der Waals surface area contributed by atoms with Gasteiger partial charge in [-0.05, 0) is 44.0 Å². The van der Waals surface area contributed by atoms with E-state index in [1.165, 1.54) is 0 Å². The maximum absolute atomic E-state index is 12.8. The third-order valence-corrected chi connectivity index (χ3v) is 4.08. The van der Waals surface area contributed by atoms with Crippen LogP contribution in [0.4, 0.5) is 26.3 Å². The minimum atomic E-state index is -4.92. The van der Waals surface area contributed by atoms with Crippen molar-refractivity contribution in [1.29, 1.82) is 0 Å². The third kappa shape index (κ3) is 6.60. The first-order valence-electron chi connectivity index (χ1n) is 8.51. The topological polar surface area (TPSA) is 50.4 Å². The highest BCUT2D eigenvalue weighted by Crippen LogP contribution is 2.38. The Balaban J connectivity index is 1.86.